The molecule has 0 N–H and O–H groups in total. The van der Waals surface area contributed by atoms with Crippen LogP contribution in [0, 0.1) is 16.7 Å². The maximum absolute atomic E-state index is 6.60. The van der Waals surface area contributed by atoms with Gasteiger partial charge in [-0.3, -0.25) is 0 Å². The largest absolute Gasteiger partial charge is 0.640 e. The van der Waals surface area contributed by atoms with E-state index in [4.69, 9.17) is 14.0 Å². The molecule has 0 spiro atoms. The third-order valence-electron chi connectivity index (χ3n) is 7.02. The van der Waals surface area contributed by atoms with Gasteiger partial charge in [0.1, 0.15) is 5.60 Å². The van der Waals surface area contributed by atoms with Gasteiger partial charge in [0.25, 0.3) is 0 Å². The summed E-state index contributed by atoms with van der Waals surface area (Å²) in [6.07, 6.45) is 2.54. The lowest BCUT2D eigenvalue weighted by Gasteiger charge is -2.48. The number of rotatable bonds is 3. The van der Waals surface area contributed by atoms with E-state index in [2.05, 4.69) is 51.1 Å². The molecule has 1 aromatic carbocycles. The van der Waals surface area contributed by atoms with Crippen molar-refractivity contribution in [2.75, 3.05) is 0 Å². The van der Waals surface area contributed by atoms with Crippen molar-refractivity contribution in [1.82, 2.24) is 0 Å². The van der Waals surface area contributed by atoms with Gasteiger partial charge in [-0.1, -0.05) is 51.1 Å². The number of benzene rings is 1. The Hall–Kier alpha value is -0.835. The fourth-order valence-corrected chi connectivity index (χ4v) is 5.53. The van der Waals surface area contributed by atoms with Crippen LogP contribution in [0.3, 0.4) is 0 Å². The van der Waals surface area contributed by atoms with E-state index in [0.717, 1.165) is 0 Å². The third kappa shape index (κ3) is 1.78. The summed E-state index contributed by atoms with van der Waals surface area (Å²) in [5.74, 6) is 0.508. The average Bonchev–Trinajstić information content (AvgIpc) is 3.02. The SMILES string of the molecule is CC(C)OB1OC2[C@H]3CC[C@](C)(C3(C)C)[C@]2(c2ccccc2)O1. The van der Waals surface area contributed by atoms with E-state index in [1.807, 2.05) is 13.8 Å². The van der Waals surface area contributed by atoms with Crippen LogP contribution in [0.5, 0.6) is 0 Å². The Labute approximate surface area is 139 Å². The number of fused-ring (bicyclic) bond motifs is 5. The highest BCUT2D eigenvalue weighted by Gasteiger charge is 2.79. The second-order valence-electron chi connectivity index (χ2n) is 8.45. The highest BCUT2D eigenvalue weighted by Crippen LogP contribution is 2.76. The maximum Gasteiger partial charge on any atom is 0.640 e. The molecule has 4 heteroatoms. The van der Waals surface area contributed by atoms with Crippen LogP contribution < -0.4 is 0 Å². The molecule has 3 fully saturated rings. The Morgan fingerprint density at radius 1 is 1.17 bits per heavy atom. The third-order valence-corrected chi connectivity index (χ3v) is 7.02. The second-order valence-corrected chi connectivity index (χ2v) is 8.45. The molecule has 1 saturated heterocycles. The Morgan fingerprint density at radius 2 is 1.87 bits per heavy atom. The first-order valence-corrected chi connectivity index (χ1v) is 8.87. The first-order chi connectivity index (χ1) is 10.8. The lowest BCUT2D eigenvalue weighted by molar-refractivity contribution is -0.0854. The zero-order valence-corrected chi connectivity index (χ0v) is 14.8. The molecule has 1 unspecified atom stereocenters. The minimum absolute atomic E-state index is 0.0474. The van der Waals surface area contributed by atoms with Crippen molar-refractivity contribution in [2.45, 2.75) is 65.3 Å². The standard InChI is InChI=1S/C19H27BO3/c1-13(2)21-20-22-16-15-11-12-18(5,17(15,3)4)19(16,23-20)14-9-7-6-8-10-14/h6-10,13,15-16H,11-12H2,1-5H3/t15-,16?,18-,19-/m1/s1. The van der Waals surface area contributed by atoms with Crippen molar-refractivity contribution < 1.29 is 14.0 Å². The molecule has 4 atom stereocenters. The van der Waals surface area contributed by atoms with Gasteiger partial charge in [0, 0.05) is 11.5 Å². The van der Waals surface area contributed by atoms with Gasteiger partial charge in [-0.25, -0.2) is 0 Å². The zero-order valence-electron chi connectivity index (χ0n) is 14.8. The van der Waals surface area contributed by atoms with Crippen LogP contribution in [0.2, 0.25) is 0 Å². The van der Waals surface area contributed by atoms with E-state index in [-0.39, 0.29) is 23.0 Å². The summed E-state index contributed by atoms with van der Waals surface area (Å²) in [7, 11) is -0.559. The molecule has 2 aliphatic carbocycles. The average molecular weight is 314 g/mol. The number of hydrogen-bond donors (Lipinski definition) is 0. The van der Waals surface area contributed by atoms with Crippen LogP contribution in [0.4, 0.5) is 0 Å². The van der Waals surface area contributed by atoms with E-state index in [0.29, 0.717) is 5.92 Å². The van der Waals surface area contributed by atoms with Crippen molar-refractivity contribution in [3.63, 3.8) is 0 Å². The Balaban J connectivity index is 1.84. The predicted molar refractivity (Wildman–Crippen MR) is 90.7 cm³/mol. The maximum atomic E-state index is 6.60. The summed E-state index contributed by atoms with van der Waals surface area (Å²) >= 11 is 0. The molecule has 0 amide bonds. The van der Waals surface area contributed by atoms with Crippen molar-refractivity contribution in [3.05, 3.63) is 35.9 Å². The highest BCUT2D eigenvalue weighted by molar-refractivity contribution is 6.37. The fraction of sp³-hybridized carbons (Fsp3) is 0.684. The first-order valence-electron chi connectivity index (χ1n) is 8.87. The minimum atomic E-state index is -0.559. The Kier molecular flexibility index (Phi) is 3.30. The van der Waals surface area contributed by atoms with E-state index in [1.54, 1.807) is 0 Å². The van der Waals surface area contributed by atoms with Gasteiger partial charge in [0.2, 0.25) is 0 Å². The Bertz CT molecular complexity index is 602. The van der Waals surface area contributed by atoms with Crippen molar-refractivity contribution in [3.8, 4) is 0 Å². The molecule has 3 aliphatic rings. The normalized spacial score (nSPS) is 40.9. The molecule has 2 saturated carbocycles. The smallest absolute Gasteiger partial charge is 0.384 e. The Morgan fingerprint density at radius 3 is 2.52 bits per heavy atom. The second kappa shape index (κ2) is 4.84. The first kappa shape index (κ1) is 15.7. The summed E-state index contributed by atoms with van der Waals surface area (Å²) in [6.45, 7) is 11.2. The molecule has 0 radical (unpaired) electrons. The van der Waals surface area contributed by atoms with Gasteiger partial charge >= 0.3 is 7.32 Å². The van der Waals surface area contributed by atoms with Crippen LogP contribution in [-0.4, -0.2) is 19.5 Å². The van der Waals surface area contributed by atoms with Crippen molar-refractivity contribution in [1.29, 1.82) is 0 Å². The summed E-state index contributed by atoms with van der Waals surface area (Å²) in [5, 5.41) is 0. The summed E-state index contributed by atoms with van der Waals surface area (Å²) < 4.78 is 18.8. The lowest BCUT2D eigenvalue weighted by Crippen LogP contribution is -2.50. The molecule has 124 valence electrons. The van der Waals surface area contributed by atoms with Gasteiger partial charge in [-0.15, -0.1) is 0 Å². The molecule has 1 heterocycles. The monoisotopic (exact) mass is 314 g/mol. The quantitative estimate of drug-likeness (QED) is 0.784. The van der Waals surface area contributed by atoms with E-state index in [1.165, 1.54) is 18.4 Å². The van der Waals surface area contributed by atoms with Crippen LogP contribution in [0.15, 0.2) is 30.3 Å². The van der Waals surface area contributed by atoms with Crippen molar-refractivity contribution in [2.24, 2.45) is 16.7 Å². The molecule has 0 aromatic heterocycles. The van der Waals surface area contributed by atoms with Crippen LogP contribution >= 0.6 is 0 Å². The van der Waals surface area contributed by atoms with Gasteiger partial charge in [0.05, 0.1) is 6.10 Å². The highest BCUT2D eigenvalue weighted by atomic mass is 16.8. The van der Waals surface area contributed by atoms with E-state index in [9.17, 15) is 0 Å². The molecular weight excluding hydrogens is 287 g/mol. The molecule has 1 aliphatic heterocycles. The number of hydrogen-bond acceptors (Lipinski definition) is 3. The summed E-state index contributed by atoms with van der Waals surface area (Å²) in [4.78, 5) is 0. The van der Waals surface area contributed by atoms with Gasteiger partial charge in [-0.05, 0) is 43.6 Å². The van der Waals surface area contributed by atoms with Crippen LogP contribution in [0.25, 0.3) is 0 Å². The molecule has 1 aromatic rings. The van der Waals surface area contributed by atoms with Crippen molar-refractivity contribution >= 4 is 7.32 Å². The summed E-state index contributed by atoms with van der Waals surface area (Å²) in [6, 6.07) is 10.6. The van der Waals surface area contributed by atoms with Gasteiger partial charge in [0.15, 0.2) is 0 Å². The van der Waals surface area contributed by atoms with E-state index >= 15 is 0 Å². The molecule has 2 bridgehead atoms. The zero-order chi connectivity index (χ0) is 16.5. The van der Waals surface area contributed by atoms with Gasteiger partial charge < -0.3 is 14.0 Å². The molecule has 23 heavy (non-hydrogen) atoms. The fourth-order valence-electron chi connectivity index (χ4n) is 5.53. The van der Waals surface area contributed by atoms with Gasteiger partial charge in [-0.2, -0.15) is 0 Å². The predicted octanol–water partition coefficient (Wildman–Crippen LogP) is 4.16. The summed E-state index contributed by atoms with van der Waals surface area (Å²) in [5.41, 5.74) is 1.07. The van der Waals surface area contributed by atoms with Crippen LogP contribution in [0.1, 0.15) is 53.0 Å². The lowest BCUT2D eigenvalue weighted by atomic mass is 9.62. The topological polar surface area (TPSA) is 27.7 Å². The minimum Gasteiger partial charge on any atom is -0.384 e. The van der Waals surface area contributed by atoms with Crippen LogP contribution in [-0.2, 0) is 19.6 Å². The molecule has 4 rings (SSSR count). The molecule has 3 nitrogen and oxygen atoms in total. The van der Waals surface area contributed by atoms with E-state index < -0.39 is 12.9 Å². The molecular formula is C19H27BO3.